The van der Waals surface area contributed by atoms with Crippen molar-refractivity contribution in [2.75, 3.05) is 0 Å². The first-order chi connectivity index (χ1) is 11.3. The van der Waals surface area contributed by atoms with E-state index in [1.165, 1.54) is 12.1 Å². The molecule has 124 valence electrons. The van der Waals surface area contributed by atoms with E-state index in [2.05, 4.69) is 0 Å². The number of phenols is 2. The van der Waals surface area contributed by atoms with E-state index in [9.17, 15) is 15.0 Å². The third-order valence-corrected chi connectivity index (χ3v) is 3.41. The fraction of sp³-hybridized carbons (Fsp3) is 0.211. The van der Waals surface area contributed by atoms with E-state index < -0.39 is 22.5 Å². The van der Waals surface area contributed by atoms with E-state index in [4.69, 9.17) is 9.15 Å². The average Bonchev–Trinajstić information content (AvgIpc) is 2.51. The van der Waals surface area contributed by atoms with E-state index >= 15 is 0 Å². The molecule has 5 nitrogen and oxygen atoms in total. The molecule has 0 fully saturated rings. The Morgan fingerprint density at radius 3 is 2.29 bits per heavy atom. The number of benzene rings is 2. The highest BCUT2D eigenvalue weighted by molar-refractivity contribution is 5.89. The Morgan fingerprint density at radius 1 is 1.00 bits per heavy atom. The van der Waals surface area contributed by atoms with Crippen LogP contribution in [0.3, 0.4) is 0 Å². The largest absolute Gasteiger partial charge is 0.504 e. The van der Waals surface area contributed by atoms with Gasteiger partial charge in [0.2, 0.25) is 5.75 Å². The van der Waals surface area contributed by atoms with Crippen LogP contribution < -0.4 is 10.2 Å². The minimum atomic E-state index is -0.588. The molecule has 3 aromatic rings. The first kappa shape index (κ1) is 15.9. The molecule has 0 saturated carbocycles. The number of rotatable bonds is 2. The normalized spacial score (nSPS) is 11.6. The lowest BCUT2D eigenvalue weighted by Crippen LogP contribution is -2.23. The van der Waals surface area contributed by atoms with Crippen molar-refractivity contribution in [1.29, 1.82) is 0 Å². The standard InChI is InChI=1S/C19H18O5/c1-19(2,3)24-15-10-14-16(18(22)17(15)21)12(20)9-13(23-14)11-7-5-4-6-8-11/h4-10,21-22H,1-3H3. The molecule has 0 unspecified atom stereocenters. The smallest absolute Gasteiger partial charge is 0.201 e. The van der Waals surface area contributed by atoms with Gasteiger partial charge in [-0.25, -0.2) is 0 Å². The number of aromatic hydroxyl groups is 2. The van der Waals surface area contributed by atoms with Crippen LogP contribution in [-0.4, -0.2) is 15.8 Å². The zero-order chi connectivity index (χ0) is 17.5. The molecule has 24 heavy (non-hydrogen) atoms. The zero-order valence-corrected chi connectivity index (χ0v) is 13.7. The van der Waals surface area contributed by atoms with E-state index in [0.29, 0.717) is 5.76 Å². The first-order valence-corrected chi connectivity index (χ1v) is 7.53. The van der Waals surface area contributed by atoms with Gasteiger partial charge in [0.1, 0.15) is 22.3 Å². The molecule has 0 amide bonds. The molecule has 0 aliphatic heterocycles. The summed E-state index contributed by atoms with van der Waals surface area (Å²) in [6.07, 6.45) is 0. The maximum absolute atomic E-state index is 12.4. The fourth-order valence-electron chi connectivity index (χ4n) is 2.42. The summed E-state index contributed by atoms with van der Waals surface area (Å²) in [6, 6.07) is 11.9. The molecule has 5 heteroatoms. The van der Waals surface area contributed by atoms with E-state index in [0.717, 1.165) is 5.56 Å². The fourth-order valence-corrected chi connectivity index (χ4v) is 2.42. The third-order valence-electron chi connectivity index (χ3n) is 3.41. The molecule has 3 rings (SSSR count). The maximum atomic E-state index is 12.4. The highest BCUT2D eigenvalue weighted by Gasteiger charge is 2.22. The Bertz CT molecular complexity index is 949. The summed E-state index contributed by atoms with van der Waals surface area (Å²) in [7, 11) is 0. The molecule has 0 spiro atoms. The molecule has 0 aliphatic carbocycles. The lowest BCUT2D eigenvalue weighted by molar-refractivity contribution is 0.125. The van der Waals surface area contributed by atoms with Gasteiger partial charge in [0, 0.05) is 17.7 Å². The van der Waals surface area contributed by atoms with Crippen LogP contribution in [0.1, 0.15) is 20.8 Å². The van der Waals surface area contributed by atoms with Crippen LogP contribution in [-0.2, 0) is 0 Å². The van der Waals surface area contributed by atoms with Crippen molar-refractivity contribution in [2.45, 2.75) is 26.4 Å². The Kier molecular flexibility index (Phi) is 3.72. The van der Waals surface area contributed by atoms with Crippen LogP contribution in [0, 0.1) is 0 Å². The minimum absolute atomic E-state index is 0.0564. The summed E-state index contributed by atoms with van der Waals surface area (Å²) in [5.74, 6) is -0.585. The Morgan fingerprint density at radius 2 is 1.67 bits per heavy atom. The molecule has 0 aliphatic rings. The van der Waals surface area contributed by atoms with Gasteiger partial charge in [0.25, 0.3) is 0 Å². The Labute approximate surface area is 138 Å². The van der Waals surface area contributed by atoms with Gasteiger partial charge in [0.05, 0.1) is 0 Å². The molecule has 0 atom stereocenters. The van der Waals surface area contributed by atoms with Crippen LogP contribution >= 0.6 is 0 Å². The first-order valence-electron chi connectivity index (χ1n) is 7.53. The van der Waals surface area contributed by atoms with Crippen molar-refractivity contribution in [3.05, 3.63) is 52.7 Å². The van der Waals surface area contributed by atoms with Crippen molar-refractivity contribution >= 4 is 11.0 Å². The maximum Gasteiger partial charge on any atom is 0.201 e. The molecule has 0 bridgehead atoms. The van der Waals surface area contributed by atoms with Gasteiger partial charge >= 0.3 is 0 Å². The van der Waals surface area contributed by atoms with Crippen LogP contribution in [0.5, 0.6) is 17.2 Å². The van der Waals surface area contributed by atoms with Crippen molar-refractivity contribution in [3.8, 4) is 28.6 Å². The SMILES string of the molecule is CC(C)(C)Oc1cc2oc(-c3ccccc3)cc(=O)c2c(O)c1O. The average molecular weight is 326 g/mol. The molecule has 1 heterocycles. The Balaban J connectivity index is 2.26. The van der Waals surface area contributed by atoms with Crippen LogP contribution in [0.2, 0.25) is 0 Å². The molecular weight excluding hydrogens is 308 g/mol. The summed E-state index contributed by atoms with van der Waals surface area (Å²) < 4.78 is 11.4. The second kappa shape index (κ2) is 5.60. The molecule has 0 radical (unpaired) electrons. The minimum Gasteiger partial charge on any atom is -0.504 e. The molecule has 1 aromatic heterocycles. The lowest BCUT2D eigenvalue weighted by atomic mass is 10.1. The van der Waals surface area contributed by atoms with Crippen molar-refractivity contribution in [2.24, 2.45) is 0 Å². The second-order valence-corrected chi connectivity index (χ2v) is 6.50. The summed E-state index contributed by atoms with van der Waals surface area (Å²) in [4.78, 5) is 12.4. The Hall–Kier alpha value is -2.95. The summed E-state index contributed by atoms with van der Waals surface area (Å²) in [5.41, 5.74) is -0.141. The summed E-state index contributed by atoms with van der Waals surface area (Å²) in [6.45, 7) is 5.43. The quantitative estimate of drug-likeness (QED) is 0.695. The van der Waals surface area contributed by atoms with E-state index in [-0.39, 0.29) is 16.7 Å². The summed E-state index contributed by atoms with van der Waals surface area (Å²) >= 11 is 0. The van der Waals surface area contributed by atoms with Gasteiger partial charge < -0.3 is 19.4 Å². The molecule has 0 saturated heterocycles. The highest BCUT2D eigenvalue weighted by Crippen LogP contribution is 2.42. The number of hydrogen-bond donors (Lipinski definition) is 2. The number of ether oxygens (including phenoxy) is 1. The predicted octanol–water partition coefficient (Wildman–Crippen LogP) is 4.05. The lowest BCUT2D eigenvalue weighted by Gasteiger charge is -2.22. The van der Waals surface area contributed by atoms with Gasteiger partial charge in [-0.3, -0.25) is 4.79 Å². The highest BCUT2D eigenvalue weighted by atomic mass is 16.5. The molecule has 2 aromatic carbocycles. The number of hydrogen-bond acceptors (Lipinski definition) is 5. The van der Waals surface area contributed by atoms with Crippen molar-refractivity contribution < 1.29 is 19.4 Å². The monoisotopic (exact) mass is 326 g/mol. The van der Waals surface area contributed by atoms with Crippen LogP contribution in [0.25, 0.3) is 22.3 Å². The van der Waals surface area contributed by atoms with Crippen LogP contribution in [0.4, 0.5) is 0 Å². The van der Waals surface area contributed by atoms with Crippen LogP contribution in [0.15, 0.2) is 51.7 Å². The zero-order valence-electron chi connectivity index (χ0n) is 13.7. The van der Waals surface area contributed by atoms with Gasteiger partial charge in [0.15, 0.2) is 16.9 Å². The number of fused-ring (bicyclic) bond motifs is 1. The van der Waals surface area contributed by atoms with Gasteiger partial charge in [-0.1, -0.05) is 30.3 Å². The van der Waals surface area contributed by atoms with E-state index in [1.54, 1.807) is 0 Å². The summed E-state index contributed by atoms with van der Waals surface area (Å²) in [5, 5.41) is 20.2. The van der Waals surface area contributed by atoms with Crippen molar-refractivity contribution in [1.82, 2.24) is 0 Å². The molecule has 2 N–H and O–H groups in total. The van der Waals surface area contributed by atoms with Crippen molar-refractivity contribution in [3.63, 3.8) is 0 Å². The molecular formula is C19H18O5. The van der Waals surface area contributed by atoms with Gasteiger partial charge in [-0.15, -0.1) is 0 Å². The predicted molar refractivity (Wildman–Crippen MR) is 91.6 cm³/mol. The number of phenolic OH excluding ortho intramolecular Hbond substituents is 2. The van der Waals surface area contributed by atoms with Gasteiger partial charge in [-0.05, 0) is 20.8 Å². The second-order valence-electron chi connectivity index (χ2n) is 6.50. The topological polar surface area (TPSA) is 79.9 Å². The van der Waals surface area contributed by atoms with Gasteiger partial charge in [-0.2, -0.15) is 0 Å². The van der Waals surface area contributed by atoms with E-state index in [1.807, 2.05) is 51.1 Å². The third kappa shape index (κ3) is 2.93.